The van der Waals surface area contributed by atoms with Gasteiger partial charge in [0.05, 0.1) is 24.0 Å². The van der Waals surface area contributed by atoms with Crippen LogP contribution >= 0.6 is 0 Å². The van der Waals surface area contributed by atoms with Gasteiger partial charge in [0.25, 0.3) is 0 Å². The van der Waals surface area contributed by atoms with Gasteiger partial charge in [0.2, 0.25) is 5.91 Å². The first-order chi connectivity index (χ1) is 13.6. The standard InChI is InChI=1S/C20H27N5O3/c1-13-22-19(25(24-13)16-3-2-8-21-12-16)15-4-5-18(26)17(11-15)23-20(27)14-6-9-28-10-7-14/h2-3,8,12,14-15,17-18,26H,4-7,9-11H2,1H3,(H,23,27)/t15-,17+,18+/m0/s1. The van der Waals surface area contributed by atoms with E-state index < -0.39 is 6.10 Å². The van der Waals surface area contributed by atoms with Crippen molar-refractivity contribution in [2.45, 2.75) is 57.1 Å². The van der Waals surface area contributed by atoms with Gasteiger partial charge < -0.3 is 15.2 Å². The maximum atomic E-state index is 12.6. The molecule has 3 atom stereocenters. The summed E-state index contributed by atoms with van der Waals surface area (Å²) >= 11 is 0. The van der Waals surface area contributed by atoms with Gasteiger partial charge >= 0.3 is 0 Å². The highest BCUT2D eigenvalue weighted by atomic mass is 16.5. The number of ether oxygens (including phenoxy) is 1. The summed E-state index contributed by atoms with van der Waals surface area (Å²) in [5.74, 6) is 1.68. The average molecular weight is 385 g/mol. The molecule has 1 amide bonds. The van der Waals surface area contributed by atoms with Gasteiger partial charge in [-0.15, -0.1) is 0 Å². The number of pyridine rings is 1. The van der Waals surface area contributed by atoms with Crippen molar-refractivity contribution in [3.05, 3.63) is 36.2 Å². The van der Waals surface area contributed by atoms with E-state index in [4.69, 9.17) is 4.74 Å². The molecule has 2 aromatic heterocycles. The van der Waals surface area contributed by atoms with E-state index >= 15 is 0 Å². The molecule has 1 saturated carbocycles. The summed E-state index contributed by atoms with van der Waals surface area (Å²) in [6.07, 6.45) is 6.53. The zero-order chi connectivity index (χ0) is 19.5. The molecule has 2 N–H and O–H groups in total. The molecule has 0 bridgehead atoms. The predicted octanol–water partition coefficient (Wildman–Crippen LogP) is 1.51. The number of carbonyl (C=O) groups excluding carboxylic acids is 1. The van der Waals surface area contributed by atoms with E-state index in [-0.39, 0.29) is 23.8 Å². The minimum absolute atomic E-state index is 0.0254. The minimum atomic E-state index is -0.532. The number of aromatic nitrogens is 4. The lowest BCUT2D eigenvalue weighted by atomic mass is 9.82. The number of rotatable bonds is 4. The Kier molecular flexibility index (Phi) is 5.68. The van der Waals surface area contributed by atoms with E-state index in [1.807, 2.05) is 23.7 Å². The first-order valence-corrected chi connectivity index (χ1v) is 10.0. The highest BCUT2D eigenvalue weighted by Gasteiger charge is 2.35. The Morgan fingerprint density at radius 1 is 1.29 bits per heavy atom. The molecule has 4 rings (SSSR count). The van der Waals surface area contributed by atoms with Crippen molar-refractivity contribution in [3.63, 3.8) is 0 Å². The fourth-order valence-electron chi connectivity index (χ4n) is 4.17. The third-order valence-corrected chi connectivity index (χ3v) is 5.73. The van der Waals surface area contributed by atoms with Gasteiger partial charge in [-0.05, 0) is 51.2 Å². The van der Waals surface area contributed by atoms with Gasteiger partial charge in [-0.1, -0.05) is 0 Å². The Morgan fingerprint density at radius 2 is 2.11 bits per heavy atom. The molecule has 150 valence electrons. The topological polar surface area (TPSA) is 102 Å². The maximum Gasteiger partial charge on any atom is 0.223 e. The molecule has 0 radical (unpaired) electrons. The molecule has 8 nitrogen and oxygen atoms in total. The Morgan fingerprint density at radius 3 is 2.86 bits per heavy atom. The van der Waals surface area contributed by atoms with Crippen LogP contribution in [-0.4, -0.2) is 56.1 Å². The van der Waals surface area contributed by atoms with Gasteiger partial charge in [0.1, 0.15) is 11.6 Å². The fraction of sp³-hybridized carbons (Fsp3) is 0.600. The SMILES string of the molecule is Cc1nc([C@H]2CC[C@@H](O)[C@H](NC(=O)C3CCOCC3)C2)n(-c2cccnc2)n1. The summed E-state index contributed by atoms with van der Waals surface area (Å²) in [7, 11) is 0. The number of hydrogen-bond acceptors (Lipinski definition) is 6. The van der Waals surface area contributed by atoms with Crippen LogP contribution in [-0.2, 0) is 9.53 Å². The Labute approximate surface area is 164 Å². The van der Waals surface area contributed by atoms with Gasteiger partial charge in [0.15, 0.2) is 0 Å². The Hall–Kier alpha value is -2.32. The first-order valence-electron chi connectivity index (χ1n) is 10.0. The van der Waals surface area contributed by atoms with Crippen LogP contribution in [0, 0.1) is 12.8 Å². The molecule has 3 heterocycles. The molecule has 2 aromatic rings. The highest BCUT2D eigenvalue weighted by Crippen LogP contribution is 2.33. The molecular weight excluding hydrogens is 358 g/mol. The van der Waals surface area contributed by atoms with Crippen LogP contribution in [0.2, 0.25) is 0 Å². The van der Waals surface area contributed by atoms with Crippen molar-refractivity contribution in [3.8, 4) is 5.69 Å². The summed E-state index contributed by atoms with van der Waals surface area (Å²) in [5.41, 5.74) is 0.868. The largest absolute Gasteiger partial charge is 0.391 e. The second kappa shape index (κ2) is 8.36. The molecule has 1 aliphatic heterocycles. The van der Waals surface area contributed by atoms with Crippen LogP contribution in [0.4, 0.5) is 0 Å². The lowest BCUT2D eigenvalue weighted by Crippen LogP contribution is -2.49. The van der Waals surface area contributed by atoms with Crippen molar-refractivity contribution < 1.29 is 14.6 Å². The summed E-state index contributed by atoms with van der Waals surface area (Å²) < 4.78 is 7.18. The summed E-state index contributed by atoms with van der Waals surface area (Å²) in [6.45, 7) is 3.13. The third-order valence-electron chi connectivity index (χ3n) is 5.73. The van der Waals surface area contributed by atoms with Crippen LogP contribution in [0.3, 0.4) is 0 Å². The van der Waals surface area contributed by atoms with Gasteiger partial charge in [-0.25, -0.2) is 9.67 Å². The number of carbonyl (C=O) groups is 1. The quantitative estimate of drug-likeness (QED) is 0.827. The smallest absolute Gasteiger partial charge is 0.223 e. The number of nitrogens with zero attached hydrogens (tertiary/aromatic N) is 4. The molecular formula is C20H27N5O3. The van der Waals surface area contributed by atoms with E-state index in [0.717, 1.165) is 30.8 Å². The van der Waals surface area contributed by atoms with Crippen molar-refractivity contribution in [2.24, 2.45) is 5.92 Å². The van der Waals surface area contributed by atoms with Crippen molar-refractivity contribution in [1.29, 1.82) is 0 Å². The normalized spacial score (nSPS) is 26.1. The van der Waals surface area contributed by atoms with Crippen LogP contribution in [0.5, 0.6) is 0 Å². The molecule has 1 aliphatic carbocycles. The fourth-order valence-corrected chi connectivity index (χ4v) is 4.17. The van der Waals surface area contributed by atoms with E-state index in [1.54, 1.807) is 12.4 Å². The van der Waals surface area contributed by atoms with Gasteiger partial charge in [-0.2, -0.15) is 5.10 Å². The summed E-state index contributed by atoms with van der Waals surface area (Å²) in [5, 5.41) is 18.1. The minimum Gasteiger partial charge on any atom is -0.391 e. The molecule has 0 aromatic carbocycles. The summed E-state index contributed by atoms with van der Waals surface area (Å²) in [4.78, 5) is 21.5. The van der Waals surface area contributed by atoms with Gasteiger partial charge in [-0.3, -0.25) is 9.78 Å². The molecule has 0 unspecified atom stereocenters. The number of nitrogens with one attached hydrogen (secondary N) is 1. The zero-order valence-electron chi connectivity index (χ0n) is 16.1. The second-order valence-corrected chi connectivity index (χ2v) is 7.72. The number of aliphatic hydroxyl groups is 1. The molecule has 2 fully saturated rings. The first kappa shape index (κ1) is 19.0. The monoisotopic (exact) mass is 385 g/mol. The molecule has 8 heteroatoms. The van der Waals surface area contributed by atoms with E-state index in [9.17, 15) is 9.90 Å². The lowest BCUT2D eigenvalue weighted by molar-refractivity contribution is -0.129. The molecule has 1 saturated heterocycles. The average Bonchev–Trinajstić information content (AvgIpc) is 3.12. The van der Waals surface area contributed by atoms with Crippen LogP contribution < -0.4 is 5.32 Å². The van der Waals surface area contributed by atoms with Crippen LogP contribution in [0.25, 0.3) is 5.69 Å². The Bertz CT molecular complexity index is 803. The van der Waals surface area contributed by atoms with Crippen molar-refractivity contribution in [1.82, 2.24) is 25.1 Å². The van der Waals surface area contributed by atoms with Crippen molar-refractivity contribution >= 4 is 5.91 Å². The van der Waals surface area contributed by atoms with Crippen LogP contribution in [0.1, 0.15) is 49.7 Å². The van der Waals surface area contributed by atoms with Crippen LogP contribution in [0.15, 0.2) is 24.5 Å². The molecule has 0 spiro atoms. The zero-order valence-corrected chi connectivity index (χ0v) is 16.1. The number of aryl methyl sites for hydroxylation is 1. The number of amides is 1. The molecule has 2 aliphatic rings. The Balaban J connectivity index is 1.50. The number of aliphatic hydroxyl groups excluding tert-OH is 1. The van der Waals surface area contributed by atoms with Crippen molar-refractivity contribution in [2.75, 3.05) is 13.2 Å². The number of hydrogen-bond donors (Lipinski definition) is 2. The summed E-state index contributed by atoms with van der Waals surface area (Å²) in [6, 6.07) is 3.55. The molecule has 28 heavy (non-hydrogen) atoms. The van der Waals surface area contributed by atoms with Gasteiger partial charge in [0, 0.05) is 31.2 Å². The maximum absolute atomic E-state index is 12.6. The van der Waals surface area contributed by atoms with E-state index in [0.29, 0.717) is 31.9 Å². The van der Waals surface area contributed by atoms with E-state index in [2.05, 4.69) is 20.4 Å². The third kappa shape index (κ3) is 4.07. The second-order valence-electron chi connectivity index (χ2n) is 7.72. The highest BCUT2D eigenvalue weighted by molar-refractivity contribution is 5.79. The van der Waals surface area contributed by atoms with E-state index in [1.165, 1.54) is 0 Å². The predicted molar refractivity (Wildman–Crippen MR) is 102 cm³/mol. The lowest BCUT2D eigenvalue weighted by Gasteiger charge is -2.34.